The van der Waals surface area contributed by atoms with E-state index in [0.717, 1.165) is 12.8 Å². The first kappa shape index (κ1) is 14.9. The third-order valence-electron chi connectivity index (χ3n) is 5.99. The number of allylic oxidation sites excluding steroid dienone is 7. The summed E-state index contributed by atoms with van der Waals surface area (Å²) < 4.78 is 0. The molecule has 3 heteroatoms. The predicted molar refractivity (Wildman–Crippen MR) is 90.5 cm³/mol. The maximum Gasteiger partial charge on any atom is 0.230 e. The van der Waals surface area contributed by atoms with Crippen LogP contribution >= 0.6 is 0 Å². The Morgan fingerprint density at radius 3 is 2.78 bits per heavy atom. The van der Waals surface area contributed by atoms with E-state index in [9.17, 15) is 9.90 Å². The average Bonchev–Trinajstić information content (AvgIpc) is 3.00. The summed E-state index contributed by atoms with van der Waals surface area (Å²) in [6.07, 6.45) is 20.0. The van der Waals surface area contributed by atoms with Crippen LogP contribution in [0.2, 0.25) is 0 Å². The van der Waals surface area contributed by atoms with E-state index in [4.69, 9.17) is 0 Å². The first-order valence-electron chi connectivity index (χ1n) is 8.87. The standard InChI is InChI=1S/C20H25NO2/c1-13-12-17(22)19-18-15-9-7-5-3-2-4-6-8-14(15)10-11-16(18)20(23)21(13)19/h3,5-11,13-19,22H,2,4,12H2,1H3/b5-3-,8-6+,9-7+/t13-,14-,15+,16+,17+,18-,19+/m1/s1. The molecule has 7 atom stereocenters. The van der Waals surface area contributed by atoms with Crippen molar-refractivity contribution < 1.29 is 9.90 Å². The summed E-state index contributed by atoms with van der Waals surface area (Å²) >= 11 is 0. The van der Waals surface area contributed by atoms with E-state index in [-0.39, 0.29) is 41.8 Å². The van der Waals surface area contributed by atoms with Crippen molar-refractivity contribution >= 4 is 5.91 Å². The number of aliphatic hydroxyl groups is 1. The number of amides is 1. The topological polar surface area (TPSA) is 40.5 Å². The average molecular weight is 311 g/mol. The van der Waals surface area contributed by atoms with E-state index in [0.29, 0.717) is 12.3 Å². The Bertz CT molecular complexity index is 603. The molecule has 0 unspecified atom stereocenters. The van der Waals surface area contributed by atoms with Gasteiger partial charge in [-0.2, -0.15) is 0 Å². The summed E-state index contributed by atoms with van der Waals surface area (Å²) in [5.74, 6) is 0.941. The Morgan fingerprint density at radius 1 is 1.09 bits per heavy atom. The fourth-order valence-electron chi connectivity index (χ4n) is 5.01. The van der Waals surface area contributed by atoms with Crippen molar-refractivity contribution in [2.45, 2.75) is 44.4 Å². The maximum absolute atomic E-state index is 12.8. The Kier molecular flexibility index (Phi) is 3.76. The number of nitrogens with zero attached hydrogens (tertiary/aromatic N) is 1. The largest absolute Gasteiger partial charge is 0.391 e. The van der Waals surface area contributed by atoms with Crippen molar-refractivity contribution in [3.63, 3.8) is 0 Å². The molecule has 23 heavy (non-hydrogen) atoms. The van der Waals surface area contributed by atoms with Crippen LogP contribution in [-0.2, 0) is 4.79 Å². The zero-order valence-corrected chi connectivity index (χ0v) is 13.6. The molecule has 122 valence electrons. The van der Waals surface area contributed by atoms with E-state index in [1.165, 1.54) is 0 Å². The van der Waals surface area contributed by atoms with Gasteiger partial charge in [-0.1, -0.05) is 48.6 Å². The molecule has 2 aliphatic carbocycles. The SMILES string of the molecule is C[C@@H]1C[C@H](O)[C@H]2[C@@H]3[C@H]4/C=C/C=C\CC/C=C/[C@@H]4C=C[C@@H]3C(=O)N21. The highest BCUT2D eigenvalue weighted by Crippen LogP contribution is 2.49. The van der Waals surface area contributed by atoms with E-state index >= 15 is 0 Å². The van der Waals surface area contributed by atoms with Crippen molar-refractivity contribution in [2.24, 2.45) is 23.7 Å². The Balaban J connectivity index is 1.74. The molecule has 1 amide bonds. The van der Waals surface area contributed by atoms with Crippen LogP contribution in [0, 0.1) is 23.7 Å². The van der Waals surface area contributed by atoms with Crippen LogP contribution in [0.1, 0.15) is 26.2 Å². The van der Waals surface area contributed by atoms with Gasteiger partial charge in [-0.3, -0.25) is 4.79 Å². The molecule has 0 aromatic heterocycles. The molecule has 2 fully saturated rings. The van der Waals surface area contributed by atoms with Crippen LogP contribution in [0.5, 0.6) is 0 Å². The van der Waals surface area contributed by atoms with Gasteiger partial charge in [-0.15, -0.1) is 0 Å². The van der Waals surface area contributed by atoms with Crippen molar-refractivity contribution in [1.82, 2.24) is 4.90 Å². The molecule has 0 radical (unpaired) electrons. The monoisotopic (exact) mass is 311 g/mol. The number of carbonyl (C=O) groups is 1. The summed E-state index contributed by atoms with van der Waals surface area (Å²) in [6, 6.07) is 0.129. The Hall–Kier alpha value is -1.61. The molecule has 1 N–H and O–H groups in total. The molecule has 2 aliphatic heterocycles. The zero-order valence-electron chi connectivity index (χ0n) is 13.6. The summed E-state index contributed by atoms with van der Waals surface area (Å²) in [4.78, 5) is 14.8. The number of carbonyl (C=O) groups excluding carboxylic acids is 1. The molecular formula is C20H25NO2. The summed E-state index contributed by atoms with van der Waals surface area (Å²) in [5, 5.41) is 10.6. The summed E-state index contributed by atoms with van der Waals surface area (Å²) in [5.41, 5.74) is 0. The highest BCUT2D eigenvalue weighted by molar-refractivity contribution is 5.85. The van der Waals surface area contributed by atoms with Crippen LogP contribution in [-0.4, -0.2) is 34.1 Å². The van der Waals surface area contributed by atoms with E-state index in [2.05, 4.69) is 55.5 Å². The highest BCUT2D eigenvalue weighted by Gasteiger charge is 2.58. The lowest BCUT2D eigenvalue weighted by molar-refractivity contribution is -0.131. The smallest absolute Gasteiger partial charge is 0.230 e. The van der Waals surface area contributed by atoms with Gasteiger partial charge in [0, 0.05) is 17.9 Å². The number of hydrogen-bond acceptors (Lipinski definition) is 2. The molecular weight excluding hydrogens is 286 g/mol. The zero-order chi connectivity index (χ0) is 16.0. The quantitative estimate of drug-likeness (QED) is 0.699. The highest BCUT2D eigenvalue weighted by atomic mass is 16.3. The molecule has 0 aromatic rings. The first-order valence-corrected chi connectivity index (χ1v) is 8.87. The van der Waals surface area contributed by atoms with Gasteiger partial charge in [0.15, 0.2) is 0 Å². The van der Waals surface area contributed by atoms with Gasteiger partial charge in [0.2, 0.25) is 5.91 Å². The number of fused-ring (bicyclic) bond motifs is 5. The molecule has 0 spiro atoms. The van der Waals surface area contributed by atoms with Crippen molar-refractivity contribution in [1.29, 1.82) is 0 Å². The minimum Gasteiger partial charge on any atom is -0.391 e. The van der Waals surface area contributed by atoms with Gasteiger partial charge >= 0.3 is 0 Å². The van der Waals surface area contributed by atoms with E-state index in [1.807, 2.05) is 4.90 Å². The van der Waals surface area contributed by atoms with Crippen LogP contribution in [0.4, 0.5) is 0 Å². The van der Waals surface area contributed by atoms with Gasteiger partial charge in [0.1, 0.15) is 0 Å². The van der Waals surface area contributed by atoms with E-state index in [1.54, 1.807) is 0 Å². The second kappa shape index (κ2) is 5.79. The van der Waals surface area contributed by atoms with Crippen molar-refractivity contribution in [3.8, 4) is 0 Å². The Morgan fingerprint density at radius 2 is 1.91 bits per heavy atom. The normalized spacial score (nSPS) is 49.2. The minimum atomic E-state index is -0.389. The second-order valence-corrected chi connectivity index (χ2v) is 7.35. The van der Waals surface area contributed by atoms with E-state index < -0.39 is 0 Å². The van der Waals surface area contributed by atoms with Crippen molar-refractivity contribution in [3.05, 3.63) is 48.6 Å². The molecule has 0 bridgehead atoms. The third kappa shape index (κ3) is 2.33. The Labute approximate surface area is 138 Å². The van der Waals surface area contributed by atoms with Crippen LogP contribution in [0.25, 0.3) is 0 Å². The lowest BCUT2D eigenvalue weighted by Gasteiger charge is -2.36. The lowest BCUT2D eigenvalue weighted by atomic mass is 9.68. The first-order chi connectivity index (χ1) is 11.2. The molecule has 0 aromatic carbocycles. The van der Waals surface area contributed by atoms with Crippen LogP contribution in [0.15, 0.2) is 48.6 Å². The maximum atomic E-state index is 12.8. The van der Waals surface area contributed by atoms with Gasteiger partial charge in [0.05, 0.1) is 18.1 Å². The van der Waals surface area contributed by atoms with Crippen LogP contribution in [0.3, 0.4) is 0 Å². The number of hydrogen-bond donors (Lipinski definition) is 1. The molecule has 2 saturated heterocycles. The fraction of sp³-hybridized carbons (Fsp3) is 0.550. The number of rotatable bonds is 0. The fourth-order valence-corrected chi connectivity index (χ4v) is 5.01. The lowest BCUT2D eigenvalue weighted by Crippen LogP contribution is -2.41. The van der Waals surface area contributed by atoms with Gasteiger partial charge in [0.25, 0.3) is 0 Å². The predicted octanol–water partition coefficient (Wildman–Crippen LogP) is 2.85. The molecule has 2 heterocycles. The van der Waals surface area contributed by atoms with Gasteiger partial charge < -0.3 is 10.0 Å². The minimum absolute atomic E-state index is 0.0232. The third-order valence-corrected chi connectivity index (χ3v) is 5.99. The molecule has 4 aliphatic rings. The molecule has 0 saturated carbocycles. The van der Waals surface area contributed by atoms with Gasteiger partial charge in [-0.05, 0) is 32.1 Å². The molecule has 3 nitrogen and oxygen atoms in total. The van der Waals surface area contributed by atoms with Crippen LogP contribution < -0.4 is 0 Å². The summed E-state index contributed by atoms with van der Waals surface area (Å²) in [7, 11) is 0. The second-order valence-electron chi connectivity index (χ2n) is 7.35. The van der Waals surface area contributed by atoms with Crippen molar-refractivity contribution in [2.75, 3.05) is 0 Å². The molecule has 4 rings (SSSR count). The van der Waals surface area contributed by atoms with Gasteiger partial charge in [-0.25, -0.2) is 0 Å². The number of aliphatic hydroxyl groups excluding tert-OH is 1. The summed E-state index contributed by atoms with van der Waals surface area (Å²) in [6.45, 7) is 2.06.